The van der Waals surface area contributed by atoms with Crippen LogP contribution in [0.5, 0.6) is 5.75 Å². The third-order valence-electron chi connectivity index (χ3n) is 3.71. The van der Waals surface area contributed by atoms with Gasteiger partial charge in [0.25, 0.3) is 0 Å². The van der Waals surface area contributed by atoms with Crippen molar-refractivity contribution in [1.29, 1.82) is 0 Å². The maximum Gasteiger partial charge on any atom is 0.119 e. The molecule has 0 spiro atoms. The van der Waals surface area contributed by atoms with Crippen LogP contribution < -0.4 is 4.74 Å². The minimum absolute atomic E-state index is 0.941. The van der Waals surface area contributed by atoms with Crippen LogP contribution in [0.3, 0.4) is 0 Å². The molecule has 104 valence electrons. The molecule has 1 aliphatic rings. The topological polar surface area (TPSA) is 22.1 Å². The summed E-state index contributed by atoms with van der Waals surface area (Å²) < 4.78 is 5.34. The molecule has 0 unspecified atom stereocenters. The van der Waals surface area contributed by atoms with Gasteiger partial charge in [-0.25, -0.2) is 4.98 Å². The molecule has 2 aromatic rings. The predicted molar refractivity (Wildman–Crippen MR) is 87.2 cm³/mol. The Balaban J connectivity index is 2.20. The van der Waals surface area contributed by atoms with E-state index in [1.165, 1.54) is 27.3 Å². The first-order chi connectivity index (χ1) is 9.76. The number of hydrogen-bond acceptors (Lipinski definition) is 4. The highest BCUT2D eigenvalue weighted by Crippen LogP contribution is 2.40. The second kappa shape index (κ2) is 5.70. The molecule has 0 saturated heterocycles. The van der Waals surface area contributed by atoms with Crippen LogP contribution >= 0.6 is 23.5 Å². The number of nitrogens with zero attached hydrogens (tertiary/aromatic N) is 1. The average molecular weight is 303 g/mol. The summed E-state index contributed by atoms with van der Waals surface area (Å²) in [6.07, 6.45) is 6.31. The number of benzene rings is 1. The molecule has 0 fully saturated rings. The van der Waals surface area contributed by atoms with Crippen LogP contribution in [0.25, 0.3) is 11.1 Å². The van der Waals surface area contributed by atoms with Crippen LogP contribution in [-0.2, 0) is 12.8 Å². The monoisotopic (exact) mass is 303 g/mol. The van der Waals surface area contributed by atoms with Crippen LogP contribution in [0.4, 0.5) is 0 Å². The highest BCUT2D eigenvalue weighted by molar-refractivity contribution is 7.99. The second-order valence-corrected chi connectivity index (χ2v) is 6.34. The third-order valence-corrected chi connectivity index (χ3v) is 5.06. The summed E-state index contributed by atoms with van der Waals surface area (Å²) in [4.78, 5) is 4.73. The lowest BCUT2D eigenvalue weighted by Crippen LogP contribution is -2.07. The fourth-order valence-electron chi connectivity index (χ4n) is 2.71. The van der Waals surface area contributed by atoms with E-state index in [2.05, 4.69) is 30.7 Å². The van der Waals surface area contributed by atoms with Crippen LogP contribution in [0.15, 0.2) is 34.3 Å². The lowest BCUT2D eigenvalue weighted by Gasteiger charge is -2.22. The van der Waals surface area contributed by atoms with Gasteiger partial charge < -0.3 is 4.74 Å². The second-order valence-electron chi connectivity index (χ2n) is 4.72. The van der Waals surface area contributed by atoms with E-state index in [4.69, 9.17) is 9.72 Å². The Morgan fingerprint density at radius 3 is 2.60 bits per heavy atom. The lowest BCUT2D eigenvalue weighted by molar-refractivity contribution is 0.414. The van der Waals surface area contributed by atoms with Gasteiger partial charge in [0.15, 0.2) is 0 Å². The van der Waals surface area contributed by atoms with Crippen LogP contribution in [-0.4, -0.2) is 24.6 Å². The molecular weight excluding hydrogens is 286 g/mol. The molecule has 0 bridgehead atoms. The van der Waals surface area contributed by atoms with Crippen molar-refractivity contribution in [1.82, 2.24) is 4.98 Å². The Kier molecular flexibility index (Phi) is 3.94. The largest absolute Gasteiger partial charge is 0.497 e. The van der Waals surface area contributed by atoms with Crippen molar-refractivity contribution in [3.63, 3.8) is 0 Å². The Morgan fingerprint density at radius 2 is 1.90 bits per heavy atom. The van der Waals surface area contributed by atoms with E-state index >= 15 is 0 Å². The van der Waals surface area contributed by atoms with Gasteiger partial charge >= 0.3 is 0 Å². The molecule has 3 rings (SSSR count). The van der Waals surface area contributed by atoms with E-state index < -0.39 is 0 Å². The summed E-state index contributed by atoms with van der Waals surface area (Å²) in [5.41, 5.74) is 5.45. The maximum absolute atomic E-state index is 5.34. The van der Waals surface area contributed by atoms with Crippen LogP contribution in [0.1, 0.15) is 11.1 Å². The van der Waals surface area contributed by atoms with Gasteiger partial charge in [0, 0.05) is 0 Å². The van der Waals surface area contributed by atoms with Crippen LogP contribution in [0, 0.1) is 0 Å². The van der Waals surface area contributed by atoms with Crippen molar-refractivity contribution in [2.75, 3.05) is 19.6 Å². The molecular formula is C16H17NOS2. The van der Waals surface area contributed by atoms with Gasteiger partial charge in [-0.1, -0.05) is 6.07 Å². The molecule has 0 saturated carbocycles. The molecule has 1 aromatic heterocycles. The maximum atomic E-state index is 5.34. The highest BCUT2D eigenvalue weighted by atomic mass is 32.2. The minimum atomic E-state index is 0.941. The molecule has 1 heterocycles. The van der Waals surface area contributed by atoms with Crippen molar-refractivity contribution < 1.29 is 4.74 Å². The number of rotatable bonds is 3. The fourth-order valence-corrected chi connectivity index (χ4v) is 3.83. The van der Waals surface area contributed by atoms with E-state index in [1.807, 2.05) is 6.07 Å². The van der Waals surface area contributed by atoms with Crippen molar-refractivity contribution in [3.8, 4) is 16.9 Å². The summed E-state index contributed by atoms with van der Waals surface area (Å²) >= 11 is 3.45. The van der Waals surface area contributed by atoms with E-state index in [0.717, 1.165) is 23.6 Å². The van der Waals surface area contributed by atoms with Gasteiger partial charge in [0.2, 0.25) is 0 Å². The third kappa shape index (κ3) is 2.31. The van der Waals surface area contributed by atoms with Crippen molar-refractivity contribution in [2.45, 2.75) is 22.9 Å². The lowest BCUT2D eigenvalue weighted by atomic mass is 9.86. The van der Waals surface area contributed by atoms with Crippen molar-refractivity contribution >= 4 is 23.5 Å². The molecule has 1 aromatic carbocycles. The number of hydrogen-bond donors (Lipinski definition) is 0. The quantitative estimate of drug-likeness (QED) is 0.788. The summed E-state index contributed by atoms with van der Waals surface area (Å²) in [5.74, 6) is 0.941. The number of aryl methyl sites for hydroxylation is 1. The van der Waals surface area contributed by atoms with Gasteiger partial charge in [-0.2, -0.15) is 0 Å². The van der Waals surface area contributed by atoms with Crippen molar-refractivity contribution in [3.05, 3.63) is 35.4 Å². The Labute approximate surface area is 128 Å². The summed E-state index contributed by atoms with van der Waals surface area (Å²) in [6.45, 7) is 0. The van der Waals surface area contributed by atoms with Crippen LogP contribution in [0.2, 0.25) is 0 Å². The molecule has 0 radical (unpaired) electrons. The summed E-state index contributed by atoms with van der Waals surface area (Å²) in [6, 6.07) is 8.62. The van der Waals surface area contributed by atoms with E-state index in [0.29, 0.717) is 0 Å². The minimum Gasteiger partial charge on any atom is -0.497 e. The number of fused-ring (bicyclic) bond motifs is 3. The van der Waals surface area contributed by atoms with Gasteiger partial charge in [-0.15, -0.1) is 23.5 Å². The highest BCUT2D eigenvalue weighted by Gasteiger charge is 2.21. The van der Waals surface area contributed by atoms with E-state index in [9.17, 15) is 0 Å². The predicted octanol–water partition coefficient (Wildman–Crippen LogP) is 4.30. The molecule has 2 nitrogen and oxygen atoms in total. The first kappa shape index (κ1) is 13.8. The molecule has 0 atom stereocenters. The number of thioether (sulfide) groups is 2. The van der Waals surface area contributed by atoms with Gasteiger partial charge in [0.05, 0.1) is 12.1 Å². The Hall–Kier alpha value is -1.13. The Bertz CT molecular complexity index is 655. The Morgan fingerprint density at radius 1 is 1.05 bits per heavy atom. The number of aromatic nitrogens is 1. The molecule has 1 aliphatic carbocycles. The first-order valence-corrected chi connectivity index (χ1v) is 9.01. The van der Waals surface area contributed by atoms with Crippen molar-refractivity contribution in [2.24, 2.45) is 0 Å². The van der Waals surface area contributed by atoms with Gasteiger partial charge in [-0.05, 0) is 65.8 Å². The average Bonchev–Trinajstić information content (AvgIpc) is 2.52. The number of pyridine rings is 1. The zero-order valence-corrected chi connectivity index (χ0v) is 13.5. The van der Waals surface area contributed by atoms with Gasteiger partial charge in [0.1, 0.15) is 10.8 Å². The number of methoxy groups -OCH3 is 1. The fraction of sp³-hybridized carbons (Fsp3) is 0.312. The smallest absolute Gasteiger partial charge is 0.119 e. The van der Waals surface area contributed by atoms with E-state index in [-0.39, 0.29) is 0 Å². The molecule has 0 aliphatic heterocycles. The summed E-state index contributed by atoms with van der Waals surface area (Å²) in [7, 11) is 1.72. The molecule has 20 heavy (non-hydrogen) atoms. The zero-order chi connectivity index (χ0) is 14.1. The SMILES string of the molecule is COc1ccc2c(c1)CCc1c-2cc(SC)nc1SC. The molecule has 4 heteroatoms. The number of ether oxygens (including phenoxy) is 1. The van der Waals surface area contributed by atoms with E-state index in [1.54, 1.807) is 30.6 Å². The summed E-state index contributed by atoms with van der Waals surface area (Å²) in [5, 5.41) is 2.27. The molecule has 0 N–H and O–H groups in total. The standard InChI is InChI=1S/C16H17NOS2/c1-18-11-5-7-12-10(8-11)4-6-13-14(12)9-15(19-2)17-16(13)20-3/h5,7-9H,4,6H2,1-3H3. The first-order valence-electron chi connectivity index (χ1n) is 6.56. The normalized spacial score (nSPS) is 12.8. The van der Waals surface area contributed by atoms with Gasteiger partial charge in [-0.3, -0.25) is 0 Å². The zero-order valence-electron chi connectivity index (χ0n) is 11.9. The molecule has 0 amide bonds.